The van der Waals surface area contributed by atoms with Crippen molar-refractivity contribution in [1.29, 1.82) is 0 Å². The number of nitrogens with zero attached hydrogens (tertiary/aromatic N) is 3. The molecule has 0 N–H and O–H groups in total. The van der Waals surface area contributed by atoms with Gasteiger partial charge < -0.3 is 4.74 Å². The van der Waals surface area contributed by atoms with Gasteiger partial charge in [-0.1, -0.05) is 37.6 Å². The van der Waals surface area contributed by atoms with Gasteiger partial charge in [0.2, 0.25) is 5.90 Å². The van der Waals surface area contributed by atoms with Crippen LogP contribution in [0, 0.1) is 0 Å². The van der Waals surface area contributed by atoms with Crippen molar-refractivity contribution in [3.63, 3.8) is 0 Å². The van der Waals surface area contributed by atoms with Gasteiger partial charge in [-0.2, -0.15) is 5.10 Å². The molecule has 1 aliphatic rings. The molecule has 3 rings (SSSR count). The van der Waals surface area contributed by atoms with Crippen LogP contribution in [0.1, 0.15) is 36.6 Å². The van der Waals surface area contributed by atoms with E-state index in [1.54, 1.807) is 22.9 Å². The van der Waals surface area contributed by atoms with Crippen LogP contribution in [0.2, 0.25) is 5.02 Å². The van der Waals surface area contributed by atoms with Crippen molar-refractivity contribution >= 4 is 29.5 Å². The Morgan fingerprint density at radius 1 is 1.30 bits per heavy atom. The number of halogens is 1. The number of hydrogen-bond acceptors (Lipinski definition) is 4. The molecule has 0 spiro atoms. The summed E-state index contributed by atoms with van der Waals surface area (Å²) < 4.78 is 6.97. The molecule has 0 aliphatic carbocycles. The Morgan fingerprint density at radius 2 is 2.04 bits per heavy atom. The number of ether oxygens (including phenoxy) is 1. The Hall–Kier alpha value is -2.40. The van der Waals surface area contributed by atoms with Crippen LogP contribution in [0.25, 0.3) is 6.08 Å². The van der Waals surface area contributed by atoms with E-state index in [0.29, 0.717) is 10.6 Å². The van der Waals surface area contributed by atoms with Crippen LogP contribution in [0.5, 0.6) is 0 Å². The fourth-order valence-corrected chi connectivity index (χ4v) is 2.61. The number of rotatable bonds is 3. The van der Waals surface area contributed by atoms with Crippen molar-refractivity contribution in [2.75, 3.05) is 0 Å². The summed E-state index contributed by atoms with van der Waals surface area (Å²) in [6.07, 6.45) is 3.56. The molecule has 6 heteroatoms. The lowest BCUT2D eigenvalue weighted by Gasteiger charge is -2.01. The van der Waals surface area contributed by atoms with E-state index in [-0.39, 0.29) is 17.5 Å². The molecule has 1 aromatic heterocycles. The Balaban J connectivity index is 2.01. The molecule has 0 atom stereocenters. The van der Waals surface area contributed by atoms with E-state index >= 15 is 0 Å². The minimum absolute atomic E-state index is 0.224. The second-order valence-corrected chi connectivity index (χ2v) is 6.02. The van der Waals surface area contributed by atoms with Crippen molar-refractivity contribution in [1.82, 2.24) is 9.78 Å². The molecule has 2 heterocycles. The molecule has 2 aromatic rings. The number of aromatic nitrogens is 2. The van der Waals surface area contributed by atoms with Crippen molar-refractivity contribution in [3.05, 3.63) is 58.0 Å². The second kappa shape index (κ2) is 6.01. The first-order chi connectivity index (χ1) is 11.0. The van der Waals surface area contributed by atoms with E-state index in [0.717, 1.165) is 11.3 Å². The van der Waals surface area contributed by atoms with Crippen LogP contribution in [0.4, 0.5) is 0 Å². The molecule has 0 saturated carbocycles. The molecule has 0 saturated heterocycles. The molecule has 0 unspecified atom stereocenters. The first kappa shape index (κ1) is 15.5. The molecule has 1 aromatic carbocycles. The van der Waals surface area contributed by atoms with Gasteiger partial charge in [0.1, 0.15) is 0 Å². The lowest BCUT2D eigenvalue weighted by Crippen LogP contribution is -2.05. The summed E-state index contributed by atoms with van der Waals surface area (Å²) in [5.74, 6) is -0.0205. The molecular formula is C17H16ClN3O2. The van der Waals surface area contributed by atoms with Crippen molar-refractivity contribution in [2.24, 2.45) is 12.0 Å². The molecule has 23 heavy (non-hydrogen) atoms. The third-order valence-electron chi connectivity index (χ3n) is 3.45. The zero-order valence-corrected chi connectivity index (χ0v) is 13.8. The third kappa shape index (κ3) is 3.05. The average molecular weight is 330 g/mol. The highest BCUT2D eigenvalue weighted by molar-refractivity contribution is 6.34. The maximum Gasteiger partial charge on any atom is 0.363 e. The van der Waals surface area contributed by atoms with Crippen LogP contribution in [0.15, 0.2) is 41.2 Å². The predicted molar refractivity (Wildman–Crippen MR) is 89.4 cm³/mol. The zero-order valence-electron chi connectivity index (χ0n) is 13.1. The number of esters is 1. The Labute approximate surface area is 139 Å². The molecular weight excluding hydrogens is 314 g/mol. The van der Waals surface area contributed by atoms with Crippen LogP contribution in [-0.2, 0) is 16.6 Å². The summed E-state index contributed by atoms with van der Waals surface area (Å²) in [4.78, 5) is 16.4. The monoisotopic (exact) mass is 329 g/mol. The lowest BCUT2D eigenvalue weighted by molar-refractivity contribution is -0.129. The van der Waals surface area contributed by atoms with Gasteiger partial charge in [-0.05, 0) is 24.1 Å². The molecule has 0 radical (unpaired) electrons. The van der Waals surface area contributed by atoms with Crippen molar-refractivity contribution in [3.8, 4) is 0 Å². The van der Waals surface area contributed by atoms with E-state index in [1.807, 2.05) is 25.4 Å². The number of aliphatic imine (C=N–C) groups is 1. The minimum atomic E-state index is -0.488. The topological polar surface area (TPSA) is 56.5 Å². The smallest absolute Gasteiger partial charge is 0.363 e. The summed E-state index contributed by atoms with van der Waals surface area (Å²) in [5, 5.41) is 4.91. The highest BCUT2D eigenvalue weighted by atomic mass is 35.5. The van der Waals surface area contributed by atoms with Crippen LogP contribution in [-0.4, -0.2) is 21.6 Å². The number of benzene rings is 1. The molecule has 1 aliphatic heterocycles. The van der Waals surface area contributed by atoms with Crippen molar-refractivity contribution in [2.45, 2.75) is 19.8 Å². The summed E-state index contributed by atoms with van der Waals surface area (Å²) in [6.45, 7) is 4.10. The minimum Gasteiger partial charge on any atom is -0.402 e. The fourth-order valence-electron chi connectivity index (χ4n) is 2.39. The number of carbonyl (C=O) groups is 1. The Bertz CT molecular complexity index is 834. The van der Waals surface area contributed by atoms with Crippen LogP contribution < -0.4 is 0 Å². The van der Waals surface area contributed by atoms with Gasteiger partial charge in [0, 0.05) is 18.8 Å². The van der Waals surface area contributed by atoms with Gasteiger partial charge in [0.05, 0.1) is 16.3 Å². The number of hydrogen-bond donors (Lipinski definition) is 0. The fraction of sp³-hybridized carbons (Fsp3) is 0.235. The largest absolute Gasteiger partial charge is 0.402 e. The SMILES string of the molecule is CC(C)c1nn(C)cc1C=C1N=C(c2ccccc2Cl)OC1=O. The van der Waals surface area contributed by atoms with E-state index in [2.05, 4.69) is 23.9 Å². The molecule has 0 bridgehead atoms. The summed E-state index contributed by atoms with van der Waals surface area (Å²) >= 11 is 6.13. The highest BCUT2D eigenvalue weighted by Gasteiger charge is 2.26. The summed E-state index contributed by atoms with van der Waals surface area (Å²) in [6, 6.07) is 7.12. The Morgan fingerprint density at radius 3 is 2.74 bits per heavy atom. The van der Waals surface area contributed by atoms with E-state index in [9.17, 15) is 4.79 Å². The summed E-state index contributed by atoms with van der Waals surface area (Å²) in [5.41, 5.74) is 2.61. The number of cyclic esters (lactones) is 1. The normalized spacial score (nSPS) is 16.1. The van der Waals surface area contributed by atoms with Crippen LogP contribution >= 0.6 is 11.6 Å². The first-order valence-electron chi connectivity index (χ1n) is 7.26. The van der Waals surface area contributed by atoms with Crippen molar-refractivity contribution < 1.29 is 9.53 Å². The first-order valence-corrected chi connectivity index (χ1v) is 7.64. The van der Waals surface area contributed by atoms with E-state index < -0.39 is 5.97 Å². The Kier molecular flexibility index (Phi) is 4.05. The van der Waals surface area contributed by atoms with Gasteiger partial charge in [0.15, 0.2) is 5.70 Å². The standard InChI is InChI=1S/C17H16ClN3O2/c1-10(2)15-11(9-21(3)20-15)8-14-17(22)23-16(19-14)12-6-4-5-7-13(12)18/h4-10H,1-3H3. The van der Waals surface area contributed by atoms with Crippen LogP contribution in [0.3, 0.4) is 0 Å². The number of carbonyl (C=O) groups excluding carboxylic acids is 1. The highest BCUT2D eigenvalue weighted by Crippen LogP contribution is 2.25. The number of aryl methyl sites for hydroxylation is 1. The van der Waals surface area contributed by atoms with Gasteiger partial charge >= 0.3 is 5.97 Å². The van der Waals surface area contributed by atoms with Gasteiger partial charge in [-0.15, -0.1) is 0 Å². The quantitative estimate of drug-likeness (QED) is 0.639. The second-order valence-electron chi connectivity index (χ2n) is 5.61. The van der Waals surface area contributed by atoms with Gasteiger partial charge in [-0.3, -0.25) is 4.68 Å². The predicted octanol–water partition coefficient (Wildman–Crippen LogP) is 3.54. The molecule has 5 nitrogen and oxygen atoms in total. The zero-order chi connectivity index (χ0) is 16.6. The molecule has 0 fully saturated rings. The molecule has 118 valence electrons. The van der Waals surface area contributed by atoms with Gasteiger partial charge in [-0.25, -0.2) is 9.79 Å². The lowest BCUT2D eigenvalue weighted by atomic mass is 10.1. The maximum absolute atomic E-state index is 12.1. The van der Waals surface area contributed by atoms with E-state index in [4.69, 9.17) is 16.3 Å². The van der Waals surface area contributed by atoms with Gasteiger partial charge in [0.25, 0.3) is 0 Å². The third-order valence-corrected chi connectivity index (χ3v) is 3.78. The summed E-state index contributed by atoms with van der Waals surface area (Å²) in [7, 11) is 1.85. The van der Waals surface area contributed by atoms with E-state index in [1.165, 1.54) is 0 Å². The average Bonchev–Trinajstić information content (AvgIpc) is 3.03. The maximum atomic E-state index is 12.1. The molecule has 0 amide bonds.